The van der Waals surface area contributed by atoms with E-state index in [1.54, 1.807) is 24.5 Å². The number of hydrogen-bond acceptors (Lipinski definition) is 3. The molecule has 23 heavy (non-hydrogen) atoms. The third kappa shape index (κ3) is 3.89. The zero-order chi connectivity index (χ0) is 16.2. The van der Waals surface area contributed by atoms with E-state index in [4.69, 9.17) is 16.3 Å². The SMILES string of the molecule is Cc1ccc(Cl)cc1C(=O)N[C@H]1COC[C@H]1Cc1ccncc1. The van der Waals surface area contributed by atoms with Crippen LogP contribution in [-0.2, 0) is 11.2 Å². The number of carbonyl (C=O) groups is 1. The number of nitrogens with zero attached hydrogens (tertiary/aromatic N) is 1. The van der Waals surface area contributed by atoms with Gasteiger partial charge in [0.2, 0.25) is 0 Å². The molecule has 120 valence electrons. The summed E-state index contributed by atoms with van der Waals surface area (Å²) in [6, 6.07) is 9.36. The van der Waals surface area contributed by atoms with Crippen molar-refractivity contribution in [3.05, 3.63) is 64.4 Å². The van der Waals surface area contributed by atoms with Gasteiger partial charge in [-0.25, -0.2) is 0 Å². The Hall–Kier alpha value is -1.91. The van der Waals surface area contributed by atoms with Crippen molar-refractivity contribution < 1.29 is 9.53 Å². The molecule has 1 aromatic carbocycles. The van der Waals surface area contributed by atoms with Gasteiger partial charge >= 0.3 is 0 Å². The summed E-state index contributed by atoms with van der Waals surface area (Å²) < 4.78 is 5.58. The van der Waals surface area contributed by atoms with Crippen molar-refractivity contribution in [1.29, 1.82) is 0 Å². The van der Waals surface area contributed by atoms with Gasteiger partial charge < -0.3 is 10.1 Å². The van der Waals surface area contributed by atoms with Gasteiger partial charge in [-0.1, -0.05) is 17.7 Å². The summed E-state index contributed by atoms with van der Waals surface area (Å²) in [6.45, 7) is 3.10. The molecular formula is C18H19ClN2O2. The normalized spacial score (nSPS) is 20.4. The van der Waals surface area contributed by atoms with Crippen LogP contribution in [-0.4, -0.2) is 30.1 Å². The van der Waals surface area contributed by atoms with E-state index in [0.717, 1.165) is 12.0 Å². The molecule has 3 rings (SSSR count). The highest BCUT2D eigenvalue weighted by Crippen LogP contribution is 2.21. The lowest BCUT2D eigenvalue weighted by atomic mass is 9.95. The topological polar surface area (TPSA) is 51.2 Å². The lowest BCUT2D eigenvalue weighted by Gasteiger charge is -2.19. The Balaban J connectivity index is 1.68. The molecule has 0 aliphatic carbocycles. The van der Waals surface area contributed by atoms with Gasteiger partial charge in [-0.3, -0.25) is 9.78 Å². The summed E-state index contributed by atoms with van der Waals surface area (Å²) in [6.07, 6.45) is 4.43. The number of benzene rings is 1. The molecule has 0 radical (unpaired) electrons. The van der Waals surface area contributed by atoms with Gasteiger partial charge in [0.25, 0.3) is 5.91 Å². The number of ether oxygens (including phenoxy) is 1. The van der Waals surface area contributed by atoms with E-state index in [0.29, 0.717) is 23.8 Å². The van der Waals surface area contributed by atoms with E-state index < -0.39 is 0 Å². The Kier molecular flexibility index (Phi) is 4.94. The molecule has 0 saturated carbocycles. The van der Waals surface area contributed by atoms with E-state index in [1.807, 2.05) is 25.1 Å². The maximum Gasteiger partial charge on any atom is 0.251 e. The van der Waals surface area contributed by atoms with Gasteiger partial charge in [0, 0.05) is 28.9 Å². The molecule has 1 saturated heterocycles. The van der Waals surface area contributed by atoms with Crippen LogP contribution in [0, 0.1) is 12.8 Å². The van der Waals surface area contributed by atoms with E-state index in [9.17, 15) is 4.79 Å². The molecule has 2 heterocycles. The van der Waals surface area contributed by atoms with Gasteiger partial charge in [0.1, 0.15) is 0 Å². The first-order valence-electron chi connectivity index (χ1n) is 7.67. The van der Waals surface area contributed by atoms with Crippen LogP contribution in [0.3, 0.4) is 0 Å². The Morgan fingerprint density at radius 1 is 1.30 bits per heavy atom. The highest BCUT2D eigenvalue weighted by atomic mass is 35.5. The maximum absolute atomic E-state index is 12.5. The van der Waals surface area contributed by atoms with Crippen LogP contribution >= 0.6 is 11.6 Å². The van der Waals surface area contributed by atoms with Crippen molar-refractivity contribution in [2.24, 2.45) is 5.92 Å². The van der Waals surface area contributed by atoms with Crippen LogP contribution in [0.25, 0.3) is 0 Å². The second-order valence-electron chi connectivity index (χ2n) is 5.90. The van der Waals surface area contributed by atoms with Crippen molar-refractivity contribution in [2.75, 3.05) is 13.2 Å². The Morgan fingerprint density at radius 2 is 2.09 bits per heavy atom. The smallest absolute Gasteiger partial charge is 0.251 e. The molecule has 1 fully saturated rings. The van der Waals surface area contributed by atoms with Crippen LogP contribution in [0.15, 0.2) is 42.7 Å². The lowest BCUT2D eigenvalue weighted by molar-refractivity contribution is 0.0924. The van der Waals surface area contributed by atoms with Crippen LogP contribution in [0.5, 0.6) is 0 Å². The van der Waals surface area contributed by atoms with Gasteiger partial charge in [-0.15, -0.1) is 0 Å². The summed E-state index contributed by atoms with van der Waals surface area (Å²) in [4.78, 5) is 16.6. The van der Waals surface area contributed by atoms with Crippen molar-refractivity contribution in [1.82, 2.24) is 10.3 Å². The fourth-order valence-corrected chi connectivity index (χ4v) is 3.04. The third-order valence-corrected chi connectivity index (χ3v) is 4.44. The average molecular weight is 331 g/mol. The van der Waals surface area contributed by atoms with Crippen LogP contribution in [0.2, 0.25) is 5.02 Å². The van der Waals surface area contributed by atoms with Crippen molar-refractivity contribution in [2.45, 2.75) is 19.4 Å². The molecule has 4 nitrogen and oxygen atoms in total. The molecule has 0 bridgehead atoms. The van der Waals surface area contributed by atoms with Crippen molar-refractivity contribution in [3.63, 3.8) is 0 Å². The molecular weight excluding hydrogens is 312 g/mol. The first kappa shape index (κ1) is 16.0. The van der Waals surface area contributed by atoms with E-state index >= 15 is 0 Å². The minimum atomic E-state index is -0.0970. The van der Waals surface area contributed by atoms with Crippen molar-refractivity contribution >= 4 is 17.5 Å². The second kappa shape index (κ2) is 7.11. The van der Waals surface area contributed by atoms with E-state index in [1.165, 1.54) is 5.56 Å². The van der Waals surface area contributed by atoms with Gasteiger partial charge in [0.15, 0.2) is 0 Å². The zero-order valence-corrected chi connectivity index (χ0v) is 13.7. The number of rotatable bonds is 4. The third-order valence-electron chi connectivity index (χ3n) is 4.21. The Bertz CT molecular complexity index is 691. The summed E-state index contributed by atoms with van der Waals surface area (Å²) in [5.41, 5.74) is 2.73. The number of pyridine rings is 1. The summed E-state index contributed by atoms with van der Waals surface area (Å²) in [5, 5.41) is 3.66. The quantitative estimate of drug-likeness (QED) is 0.937. The summed E-state index contributed by atoms with van der Waals surface area (Å²) >= 11 is 6.00. The molecule has 0 spiro atoms. The molecule has 1 aromatic heterocycles. The number of amides is 1. The molecule has 2 atom stereocenters. The molecule has 0 unspecified atom stereocenters. The number of halogens is 1. The first-order chi connectivity index (χ1) is 11.1. The first-order valence-corrected chi connectivity index (χ1v) is 8.05. The van der Waals surface area contributed by atoms with E-state index in [-0.39, 0.29) is 17.9 Å². The molecule has 1 aliphatic rings. The van der Waals surface area contributed by atoms with Gasteiger partial charge in [0.05, 0.1) is 19.3 Å². The van der Waals surface area contributed by atoms with Gasteiger partial charge in [-0.2, -0.15) is 0 Å². The highest BCUT2D eigenvalue weighted by molar-refractivity contribution is 6.31. The minimum absolute atomic E-state index is 0.00838. The van der Waals surface area contributed by atoms with Gasteiger partial charge in [-0.05, 0) is 48.7 Å². The number of carbonyl (C=O) groups excluding carboxylic acids is 1. The zero-order valence-electron chi connectivity index (χ0n) is 13.0. The van der Waals surface area contributed by atoms with Crippen LogP contribution < -0.4 is 5.32 Å². The monoisotopic (exact) mass is 330 g/mol. The summed E-state index contributed by atoms with van der Waals surface area (Å²) in [5.74, 6) is 0.168. The van der Waals surface area contributed by atoms with Crippen LogP contribution in [0.1, 0.15) is 21.5 Å². The van der Waals surface area contributed by atoms with Crippen LogP contribution in [0.4, 0.5) is 0 Å². The fraction of sp³-hybridized carbons (Fsp3) is 0.333. The number of aromatic nitrogens is 1. The number of hydrogen-bond donors (Lipinski definition) is 1. The van der Waals surface area contributed by atoms with Crippen molar-refractivity contribution in [3.8, 4) is 0 Å². The predicted molar refractivity (Wildman–Crippen MR) is 89.7 cm³/mol. The molecule has 1 amide bonds. The lowest BCUT2D eigenvalue weighted by Crippen LogP contribution is -2.40. The summed E-state index contributed by atoms with van der Waals surface area (Å²) in [7, 11) is 0. The molecule has 5 heteroatoms. The average Bonchev–Trinajstić information content (AvgIpc) is 2.97. The molecule has 1 aliphatic heterocycles. The molecule has 1 N–H and O–H groups in total. The standard InChI is InChI=1S/C18H19ClN2O2/c1-12-2-3-15(19)9-16(12)18(22)21-17-11-23-10-14(17)8-13-4-6-20-7-5-13/h2-7,9,14,17H,8,10-11H2,1H3,(H,21,22)/t14-,17+/m1/s1. The largest absolute Gasteiger partial charge is 0.379 e. The second-order valence-corrected chi connectivity index (χ2v) is 6.33. The Morgan fingerprint density at radius 3 is 2.87 bits per heavy atom. The minimum Gasteiger partial charge on any atom is -0.379 e. The number of aryl methyl sites for hydroxylation is 1. The fourth-order valence-electron chi connectivity index (χ4n) is 2.87. The van der Waals surface area contributed by atoms with E-state index in [2.05, 4.69) is 10.3 Å². The molecule has 2 aromatic rings. The number of nitrogens with one attached hydrogen (secondary N) is 1. The highest BCUT2D eigenvalue weighted by Gasteiger charge is 2.30. The predicted octanol–water partition coefficient (Wildman–Crippen LogP) is 3.03. The Labute approximate surface area is 140 Å². The maximum atomic E-state index is 12.5.